The Morgan fingerprint density at radius 3 is 2.64 bits per heavy atom. The Kier molecular flexibility index (Phi) is 6.89. The minimum absolute atomic E-state index is 0.277. The smallest absolute Gasteiger partial charge is 0.332 e. The quantitative estimate of drug-likeness (QED) is 0.526. The Bertz CT molecular complexity index is 199. The number of ether oxygens (including phenoxy) is 1. The molecular formula is C11H21NO2. The number of hydrogen-bond donors (Lipinski definition) is 1. The first kappa shape index (κ1) is 13.0. The van der Waals surface area contributed by atoms with E-state index >= 15 is 0 Å². The second-order valence-corrected chi connectivity index (χ2v) is 3.41. The number of hydrogen-bond acceptors (Lipinski definition) is 3. The predicted octanol–water partition coefficient (Wildman–Crippen LogP) is 2.23. The fourth-order valence-electron chi connectivity index (χ4n) is 1.30. The van der Waals surface area contributed by atoms with Crippen molar-refractivity contribution in [2.45, 2.75) is 46.6 Å². The van der Waals surface area contributed by atoms with E-state index in [-0.39, 0.29) is 5.97 Å². The van der Waals surface area contributed by atoms with E-state index in [2.05, 4.69) is 19.2 Å². The maximum absolute atomic E-state index is 11.1. The van der Waals surface area contributed by atoms with Crippen molar-refractivity contribution in [2.24, 2.45) is 0 Å². The van der Waals surface area contributed by atoms with Crippen LogP contribution in [0, 0.1) is 0 Å². The van der Waals surface area contributed by atoms with Gasteiger partial charge in [0.1, 0.15) is 0 Å². The number of nitrogens with one attached hydrogen (secondary N) is 1. The Morgan fingerprint density at radius 2 is 2.14 bits per heavy atom. The molecule has 3 heteroatoms. The van der Waals surface area contributed by atoms with Crippen LogP contribution >= 0.6 is 0 Å². The van der Waals surface area contributed by atoms with Crippen LogP contribution in [0.15, 0.2) is 11.8 Å². The molecule has 0 aliphatic rings. The molecule has 0 aromatic carbocycles. The van der Waals surface area contributed by atoms with Crippen LogP contribution < -0.4 is 5.32 Å². The summed E-state index contributed by atoms with van der Waals surface area (Å²) in [7, 11) is 0. The van der Waals surface area contributed by atoms with Crippen LogP contribution in [0.25, 0.3) is 0 Å². The van der Waals surface area contributed by atoms with E-state index in [1.54, 1.807) is 6.92 Å². The van der Waals surface area contributed by atoms with E-state index in [1.807, 2.05) is 6.92 Å². The minimum atomic E-state index is -0.277. The molecule has 1 unspecified atom stereocenters. The number of esters is 1. The van der Waals surface area contributed by atoms with Crippen LogP contribution in [0.5, 0.6) is 0 Å². The van der Waals surface area contributed by atoms with Gasteiger partial charge < -0.3 is 10.1 Å². The topological polar surface area (TPSA) is 38.3 Å². The zero-order chi connectivity index (χ0) is 11.0. The van der Waals surface area contributed by atoms with Gasteiger partial charge in [-0.2, -0.15) is 0 Å². The first-order chi connectivity index (χ1) is 6.60. The molecule has 3 nitrogen and oxygen atoms in total. The van der Waals surface area contributed by atoms with Crippen molar-refractivity contribution in [3.8, 4) is 0 Å². The van der Waals surface area contributed by atoms with Crippen molar-refractivity contribution in [1.29, 1.82) is 0 Å². The zero-order valence-corrected chi connectivity index (χ0v) is 9.59. The average Bonchev–Trinajstić information content (AvgIpc) is 2.03. The highest BCUT2D eigenvalue weighted by Gasteiger charge is 2.01. The Morgan fingerprint density at radius 1 is 1.50 bits per heavy atom. The monoisotopic (exact) mass is 199 g/mol. The van der Waals surface area contributed by atoms with Gasteiger partial charge in [-0.25, -0.2) is 4.79 Å². The molecule has 0 heterocycles. The molecule has 0 spiro atoms. The largest absolute Gasteiger partial charge is 0.463 e. The molecule has 0 rings (SSSR count). The van der Waals surface area contributed by atoms with E-state index < -0.39 is 0 Å². The minimum Gasteiger partial charge on any atom is -0.463 e. The van der Waals surface area contributed by atoms with Gasteiger partial charge in [0.2, 0.25) is 0 Å². The van der Waals surface area contributed by atoms with E-state index in [0.717, 1.165) is 18.5 Å². The van der Waals surface area contributed by atoms with Gasteiger partial charge in [0, 0.05) is 17.8 Å². The summed E-state index contributed by atoms with van der Waals surface area (Å²) in [6.45, 7) is 8.35. The third-order valence-electron chi connectivity index (χ3n) is 1.82. The fraction of sp³-hybridized carbons (Fsp3) is 0.727. The van der Waals surface area contributed by atoms with Gasteiger partial charge in [0.25, 0.3) is 0 Å². The summed E-state index contributed by atoms with van der Waals surface area (Å²) in [5.41, 5.74) is 0.865. The van der Waals surface area contributed by atoms with Crippen molar-refractivity contribution in [1.82, 2.24) is 5.32 Å². The first-order valence-corrected chi connectivity index (χ1v) is 5.21. The normalized spacial score (nSPS) is 13.6. The molecule has 0 aromatic heterocycles. The summed E-state index contributed by atoms with van der Waals surface area (Å²) in [5.74, 6) is -0.277. The lowest BCUT2D eigenvalue weighted by atomic mass is 10.2. The number of carbonyl (C=O) groups is 1. The lowest BCUT2D eigenvalue weighted by molar-refractivity contribution is -0.137. The van der Waals surface area contributed by atoms with Crippen LogP contribution in [-0.2, 0) is 9.53 Å². The number of rotatable bonds is 6. The van der Waals surface area contributed by atoms with Gasteiger partial charge >= 0.3 is 5.97 Å². The summed E-state index contributed by atoms with van der Waals surface area (Å²) in [4.78, 5) is 11.1. The van der Waals surface area contributed by atoms with Gasteiger partial charge in [-0.3, -0.25) is 0 Å². The molecule has 0 saturated carbocycles. The van der Waals surface area contributed by atoms with Crippen LogP contribution in [0.3, 0.4) is 0 Å². The summed E-state index contributed by atoms with van der Waals surface area (Å²) >= 11 is 0. The maximum Gasteiger partial charge on any atom is 0.332 e. The van der Waals surface area contributed by atoms with E-state index in [4.69, 9.17) is 4.74 Å². The molecule has 0 aromatic rings. The van der Waals surface area contributed by atoms with Gasteiger partial charge in [-0.05, 0) is 27.2 Å². The van der Waals surface area contributed by atoms with Crippen LogP contribution in [0.4, 0.5) is 0 Å². The molecular weight excluding hydrogens is 178 g/mol. The van der Waals surface area contributed by atoms with Crippen LogP contribution in [0.2, 0.25) is 0 Å². The maximum atomic E-state index is 11.1. The lowest BCUT2D eigenvalue weighted by Crippen LogP contribution is -2.24. The molecule has 0 aliphatic heterocycles. The Balaban J connectivity index is 3.92. The van der Waals surface area contributed by atoms with Crippen molar-refractivity contribution >= 4 is 5.97 Å². The molecule has 1 atom stereocenters. The van der Waals surface area contributed by atoms with Crippen molar-refractivity contribution in [2.75, 3.05) is 6.61 Å². The molecule has 0 bridgehead atoms. The summed E-state index contributed by atoms with van der Waals surface area (Å²) in [5, 5.41) is 3.23. The zero-order valence-electron chi connectivity index (χ0n) is 9.59. The SMILES string of the molecule is CCCC(C)N/C(C)=C/C(=O)OCC. The Labute approximate surface area is 86.5 Å². The second-order valence-electron chi connectivity index (χ2n) is 3.41. The third-order valence-corrected chi connectivity index (χ3v) is 1.82. The van der Waals surface area contributed by atoms with Crippen LogP contribution in [-0.4, -0.2) is 18.6 Å². The van der Waals surface area contributed by atoms with Crippen molar-refractivity contribution in [3.05, 3.63) is 11.8 Å². The summed E-state index contributed by atoms with van der Waals surface area (Å²) < 4.78 is 4.80. The van der Waals surface area contributed by atoms with E-state index in [9.17, 15) is 4.79 Å². The number of allylic oxidation sites excluding steroid dienone is 1. The van der Waals surface area contributed by atoms with E-state index in [1.165, 1.54) is 6.08 Å². The molecule has 0 amide bonds. The molecule has 0 fully saturated rings. The molecule has 82 valence electrons. The van der Waals surface area contributed by atoms with Gasteiger partial charge in [-0.15, -0.1) is 0 Å². The first-order valence-electron chi connectivity index (χ1n) is 5.21. The molecule has 0 aliphatic carbocycles. The van der Waals surface area contributed by atoms with Crippen molar-refractivity contribution in [3.63, 3.8) is 0 Å². The summed E-state index contributed by atoms with van der Waals surface area (Å²) in [6.07, 6.45) is 3.74. The molecule has 0 radical (unpaired) electrons. The third kappa shape index (κ3) is 6.52. The van der Waals surface area contributed by atoms with Gasteiger partial charge in [0.15, 0.2) is 0 Å². The number of carbonyl (C=O) groups excluding carboxylic acids is 1. The highest BCUT2D eigenvalue weighted by molar-refractivity contribution is 5.82. The van der Waals surface area contributed by atoms with E-state index in [0.29, 0.717) is 12.6 Å². The van der Waals surface area contributed by atoms with Gasteiger partial charge in [0.05, 0.1) is 6.61 Å². The molecule has 1 N–H and O–H groups in total. The van der Waals surface area contributed by atoms with Gasteiger partial charge in [-0.1, -0.05) is 13.3 Å². The second kappa shape index (κ2) is 7.42. The van der Waals surface area contributed by atoms with Crippen molar-refractivity contribution < 1.29 is 9.53 Å². The standard InChI is InChI=1S/C11H21NO2/c1-5-7-9(3)12-10(4)8-11(13)14-6-2/h8-9,12H,5-7H2,1-4H3/b10-8+. The fourth-order valence-corrected chi connectivity index (χ4v) is 1.30. The Hall–Kier alpha value is -0.990. The highest BCUT2D eigenvalue weighted by atomic mass is 16.5. The predicted molar refractivity (Wildman–Crippen MR) is 57.9 cm³/mol. The highest BCUT2D eigenvalue weighted by Crippen LogP contribution is 1.99. The molecule has 14 heavy (non-hydrogen) atoms. The average molecular weight is 199 g/mol. The summed E-state index contributed by atoms with van der Waals surface area (Å²) in [6, 6.07) is 0.408. The molecule has 0 saturated heterocycles. The van der Waals surface area contributed by atoms with Crippen LogP contribution in [0.1, 0.15) is 40.5 Å². The lowest BCUT2D eigenvalue weighted by Gasteiger charge is -2.14.